The van der Waals surface area contributed by atoms with Gasteiger partial charge in [0.25, 0.3) is 0 Å². The summed E-state index contributed by atoms with van der Waals surface area (Å²) in [5.74, 6) is 0.387. The van der Waals surface area contributed by atoms with Gasteiger partial charge < -0.3 is 14.5 Å². The number of carbonyl (C=O) groups is 2. The minimum absolute atomic E-state index is 0.0835. The zero-order valence-electron chi connectivity index (χ0n) is 14.9. The van der Waals surface area contributed by atoms with Crippen LogP contribution in [-0.4, -0.2) is 25.0 Å². The highest BCUT2D eigenvalue weighted by Gasteiger charge is 2.20. The third-order valence-electron chi connectivity index (χ3n) is 3.61. The molecular weight excluding hydrogens is 340 g/mol. The summed E-state index contributed by atoms with van der Waals surface area (Å²) in [5, 5.41) is 6.43. The number of amides is 1. The molecule has 0 aliphatic heterocycles. The summed E-state index contributed by atoms with van der Waals surface area (Å²) in [7, 11) is 0. The topological polar surface area (TPSA) is 80.6 Å². The zero-order valence-corrected chi connectivity index (χ0v) is 15.7. The molecule has 2 aromatic rings. The first-order valence-electron chi connectivity index (χ1n) is 8.29. The summed E-state index contributed by atoms with van der Waals surface area (Å²) in [6, 6.07) is 5.36. The van der Waals surface area contributed by atoms with Gasteiger partial charge >= 0.3 is 5.97 Å². The lowest BCUT2D eigenvalue weighted by Crippen LogP contribution is -2.30. The van der Waals surface area contributed by atoms with Crippen molar-refractivity contribution in [1.29, 1.82) is 0 Å². The van der Waals surface area contributed by atoms with Crippen LogP contribution >= 0.6 is 11.3 Å². The molecule has 0 saturated carbocycles. The van der Waals surface area contributed by atoms with Gasteiger partial charge in [0.1, 0.15) is 10.8 Å². The monoisotopic (exact) mass is 364 g/mol. The molecule has 0 aliphatic rings. The Morgan fingerprint density at radius 1 is 1.32 bits per heavy atom. The molecule has 2 heterocycles. The third-order valence-corrected chi connectivity index (χ3v) is 4.96. The fourth-order valence-corrected chi connectivity index (χ4v) is 3.27. The maximum atomic E-state index is 12.2. The van der Waals surface area contributed by atoms with Gasteiger partial charge in [-0.25, -0.2) is 4.79 Å². The third kappa shape index (κ3) is 5.17. The van der Waals surface area contributed by atoms with E-state index in [9.17, 15) is 9.59 Å². The van der Waals surface area contributed by atoms with Crippen LogP contribution in [0.4, 0.5) is 5.00 Å². The fraction of sp³-hybridized carbons (Fsp3) is 0.444. The lowest BCUT2D eigenvalue weighted by Gasteiger charge is -2.11. The molecule has 0 aliphatic carbocycles. The number of thiophene rings is 1. The SMILES string of the molecule is CCOC(=O)c1cc(C(C)C)sc1NC(=O)CN[C@H](C)c1ccco1. The van der Waals surface area contributed by atoms with E-state index in [0.717, 1.165) is 10.6 Å². The second-order valence-corrected chi connectivity index (χ2v) is 7.02. The molecule has 0 fully saturated rings. The average Bonchev–Trinajstić information content (AvgIpc) is 3.22. The van der Waals surface area contributed by atoms with E-state index in [1.54, 1.807) is 25.3 Å². The summed E-state index contributed by atoms with van der Waals surface area (Å²) in [6.45, 7) is 8.16. The summed E-state index contributed by atoms with van der Waals surface area (Å²) in [5.41, 5.74) is 0.406. The number of ether oxygens (including phenoxy) is 1. The van der Waals surface area contributed by atoms with Gasteiger partial charge in [-0.15, -0.1) is 11.3 Å². The molecule has 0 radical (unpaired) electrons. The predicted molar refractivity (Wildman–Crippen MR) is 98.1 cm³/mol. The van der Waals surface area contributed by atoms with E-state index in [2.05, 4.69) is 10.6 Å². The average molecular weight is 364 g/mol. The number of carbonyl (C=O) groups excluding carboxylic acids is 2. The van der Waals surface area contributed by atoms with Gasteiger partial charge in [-0.2, -0.15) is 0 Å². The van der Waals surface area contributed by atoms with Crippen LogP contribution in [0.1, 0.15) is 60.7 Å². The van der Waals surface area contributed by atoms with Crippen molar-refractivity contribution in [2.75, 3.05) is 18.5 Å². The summed E-state index contributed by atoms with van der Waals surface area (Å²) < 4.78 is 10.4. The molecule has 0 spiro atoms. The molecule has 6 nitrogen and oxygen atoms in total. The van der Waals surface area contributed by atoms with Crippen LogP contribution in [-0.2, 0) is 9.53 Å². The molecule has 1 atom stereocenters. The van der Waals surface area contributed by atoms with E-state index in [1.807, 2.05) is 26.8 Å². The second kappa shape index (κ2) is 8.82. The van der Waals surface area contributed by atoms with Gasteiger partial charge in [0.15, 0.2) is 0 Å². The Balaban J connectivity index is 2.02. The Morgan fingerprint density at radius 3 is 2.68 bits per heavy atom. The first-order chi connectivity index (χ1) is 11.9. The van der Waals surface area contributed by atoms with Crippen molar-refractivity contribution in [1.82, 2.24) is 5.32 Å². The molecule has 0 saturated heterocycles. The van der Waals surface area contributed by atoms with Crippen molar-refractivity contribution >= 4 is 28.2 Å². The highest BCUT2D eigenvalue weighted by Crippen LogP contribution is 2.33. The van der Waals surface area contributed by atoms with Crippen molar-refractivity contribution in [3.05, 3.63) is 40.7 Å². The number of anilines is 1. The normalized spacial score (nSPS) is 12.2. The van der Waals surface area contributed by atoms with Gasteiger partial charge in [0, 0.05) is 4.88 Å². The van der Waals surface area contributed by atoms with E-state index in [0.29, 0.717) is 17.2 Å². The molecule has 1 amide bonds. The van der Waals surface area contributed by atoms with Crippen molar-refractivity contribution in [3.8, 4) is 0 Å². The van der Waals surface area contributed by atoms with E-state index in [-0.39, 0.29) is 24.4 Å². The lowest BCUT2D eigenvalue weighted by atomic mass is 10.1. The minimum Gasteiger partial charge on any atom is -0.468 e. The number of hydrogen-bond donors (Lipinski definition) is 2. The molecule has 7 heteroatoms. The number of rotatable bonds is 8. The largest absolute Gasteiger partial charge is 0.468 e. The summed E-state index contributed by atoms with van der Waals surface area (Å²) in [4.78, 5) is 25.4. The Kier molecular flexibility index (Phi) is 6.78. The minimum atomic E-state index is -0.419. The van der Waals surface area contributed by atoms with Crippen LogP contribution < -0.4 is 10.6 Å². The fourth-order valence-electron chi connectivity index (χ4n) is 2.20. The number of esters is 1. The van der Waals surface area contributed by atoms with Crippen LogP contribution in [0.25, 0.3) is 0 Å². The second-order valence-electron chi connectivity index (χ2n) is 5.93. The Hall–Kier alpha value is -2.12. The molecule has 0 aromatic carbocycles. The van der Waals surface area contributed by atoms with E-state index in [1.165, 1.54) is 11.3 Å². The Labute approximate surface area is 151 Å². The zero-order chi connectivity index (χ0) is 18.4. The molecular formula is C18H24N2O4S. The number of nitrogens with one attached hydrogen (secondary N) is 2. The molecule has 0 bridgehead atoms. The lowest BCUT2D eigenvalue weighted by molar-refractivity contribution is -0.115. The van der Waals surface area contributed by atoms with Crippen LogP contribution in [0.2, 0.25) is 0 Å². The molecule has 2 N–H and O–H groups in total. The van der Waals surface area contributed by atoms with Crippen LogP contribution in [0.15, 0.2) is 28.9 Å². The number of furan rings is 1. The quantitative estimate of drug-likeness (QED) is 0.694. The molecule has 2 aromatic heterocycles. The van der Waals surface area contributed by atoms with Gasteiger partial charge in [-0.3, -0.25) is 10.1 Å². The van der Waals surface area contributed by atoms with Crippen molar-refractivity contribution in [2.45, 2.75) is 39.7 Å². The van der Waals surface area contributed by atoms with Gasteiger partial charge in [-0.1, -0.05) is 13.8 Å². The number of hydrogen-bond acceptors (Lipinski definition) is 6. The highest BCUT2D eigenvalue weighted by atomic mass is 32.1. The predicted octanol–water partition coefficient (Wildman–Crippen LogP) is 3.93. The standard InChI is InChI=1S/C18H24N2O4S/c1-5-23-18(22)13-9-15(11(2)3)25-17(13)20-16(21)10-19-12(4)14-7-6-8-24-14/h6-9,11-12,19H,5,10H2,1-4H3,(H,20,21)/t12-/m1/s1. The van der Waals surface area contributed by atoms with Gasteiger partial charge in [-0.05, 0) is 38.0 Å². The Bertz CT molecular complexity index is 707. The van der Waals surface area contributed by atoms with Crippen molar-refractivity contribution in [3.63, 3.8) is 0 Å². The smallest absolute Gasteiger partial charge is 0.341 e. The van der Waals surface area contributed by atoms with Crippen molar-refractivity contribution in [2.24, 2.45) is 0 Å². The maximum Gasteiger partial charge on any atom is 0.341 e. The highest BCUT2D eigenvalue weighted by molar-refractivity contribution is 7.16. The maximum absolute atomic E-state index is 12.2. The Morgan fingerprint density at radius 2 is 2.08 bits per heavy atom. The van der Waals surface area contributed by atoms with E-state index < -0.39 is 5.97 Å². The van der Waals surface area contributed by atoms with Crippen LogP contribution in [0.5, 0.6) is 0 Å². The van der Waals surface area contributed by atoms with Crippen LogP contribution in [0.3, 0.4) is 0 Å². The van der Waals surface area contributed by atoms with Gasteiger partial charge in [0.05, 0.1) is 31.0 Å². The molecule has 0 unspecified atom stereocenters. The van der Waals surface area contributed by atoms with Gasteiger partial charge in [0.2, 0.25) is 5.91 Å². The molecule has 2 rings (SSSR count). The first kappa shape index (κ1) is 19.2. The van der Waals surface area contributed by atoms with E-state index >= 15 is 0 Å². The summed E-state index contributed by atoms with van der Waals surface area (Å²) in [6.07, 6.45) is 1.60. The molecule has 136 valence electrons. The molecule has 25 heavy (non-hydrogen) atoms. The van der Waals surface area contributed by atoms with Crippen LogP contribution in [0, 0.1) is 0 Å². The van der Waals surface area contributed by atoms with Crippen molar-refractivity contribution < 1.29 is 18.7 Å². The van der Waals surface area contributed by atoms with E-state index in [4.69, 9.17) is 9.15 Å². The summed E-state index contributed by atoms with van der Waals surface area (Å²) >= 11 is 1.40. The first-order valence-corrected chi connectivity index (χ1v) is 9.11.